The molecule has 0 saturated heterocycles. The van der Waals surface area contributed by atoms with Crippen molar-refractivity contribution in [2.45, 2.75) is 6.92 Å². The van der Waals surface area contributed by atoms with E-state index in [2.05, 4.69) is 16.6 Å². The second-order valence-corrected chi connectivity index (χ2v) is 3.03. The topological polar surface area (TPSA) is 35.5 Å². The van der Waals surface area contributed by atoms with Gasteiger partial charge < -0.3 is 9.47 Å². The summed E-state index contributed by atoms with van der Waals surface area (Å²) in [6.07, 6.45) is 2.52. The van der Waals surface area contributed by atoms with Crippen LogP contribution in [0.1, 0.15) is 12.5 Å². The van der Waals surface area contributed by atoms with E-state index in [9.17, 15) is 4.79 Å². The molecule has 0 bridgehead atoms. The molecule has 0 heterocycles. The van der Waals surface area contributed by atoms with Crippen LogP contribution in [0, 0.1) is 11.8 Å². The molecule has 0 saturated carbocycles. The average Bonchev–Trinajstić information content (AvgIpc) is 2.35. The predicted molar refractivity (Wildman–Crippen MR) is 65.0 cm³/mol. The van der Waals surface area contributed by atoms with Gasteiger partial charge in [0.1, 0.15) is 6.61 Å². The fraction of sp³-hybridized carbons (Fsp3) is 0.214. The molecule has 3 nitrogen and oxygen atoms in total. The lowest BCUT2D eigenvalue weighted by molar-refractivity contribution is -0.137. The lowest BCUT2D eigenvalue weighted by Crippen LogP contribution is -1.99. The lowest BCUT2D eigenvalue weighted by Gasteiger charge is -1.94. The fourth-order valence-electron chi connectivity index (χ4n) is 1.04. The predicted octanol–water partition coefficient (Wildman–Crippen LogP) is 2.13. The Morgan fingerprint density at radius 3 is 2.82 bits per heavy atom. The van der Waals surface area contributed by atoms with Crippen LogP contribution in [0.5, 0.6) is 0 Å². The molecule has 0 aromatic heterocycles. The van der Waals surface area contributed by atoms with E-state index in [1.807, 2.05) is 30.3 Å². The minimum absolute atomic E-state index is 0.241. The highest BCUT2D eigenvalue weighted by Crippen LogP contribution is 1.94. The van der Waals surface area contributed by atoms with Gasteiger partial charge in [-0.25, -0.2) is 4.79 Å². The Morgan fingerprint density at radius 1 is 1.35 bits per heavy atom. The summed E-state index contributed by atoms with van der Waals surface area (Å²) in [7, 11) is 0. The van der Waals surface area contributed by atoms with Crippen LogP contribution in [0.25, 0.3) is 0 Å². The van der Waals surface area contributed by atoms with Crippen molar-refractivity contribution >= 4 is 5.97 Å². The van der Waals surface area contributed by atoms with Gasteiger partial charge in [0.2, 0.25) is 0 Å². The Hall–Kier alpha value is -2.21. The van der Waals surface area contributed by atoms with Gasteiger partial charge in [0, 0.05) is 5.56 Å². The van der Waals surface area contributed by atoms with Gasteiger partial charge in [-0.2, -0.15) is 0 Å². The molecule has 1 aromatic rings. The van der Waals surface area contributed by atoms with Crippen molar-refractivity contribution in [2.75, 3.05) is 13.2 Å². The first-order chi connectivity index (χ1) is 8.33. The third kappa shape index (κ3) is 6.06. The Bertz CT molecular complexity index is 424. The maximum Gasteiger partial charge on any atom is 0.333 e. The maximum atomic E-state index is 10.9. The highest BCUT2D eigenvalue weighted by Gasteiger charge is 1.91. The van der Waals surface area contributed by atoms with Crippen LogP contribution < -0.4 is 0 Å². The number of esters is 1. The smallest absolute Gasteiger partial charge is 0.333 e. The van der Waals surface area contributed by atoms with Crippen molar-refractivity contribution < 1.29 is 14.3 Å². The van der Waals surface area contributed by atoms with E-state index in [4.69, 9.17) is 4.74 Å². The Balaban J connectivity index is 2.25. The van der Waals surface area contributed by atoms with Gasteiger partial charge in [-0.15, -0.1) is 0 Å². The summed E-state index contributed by atoms with van der Waals surface area (Å²) in [6, 6.07) is 9.61. The van der Waals surface area contributed by atoms with Crippen LogP contribution in [0.3, 0.4) is 0 Å². The van der Waals surface area contributed by atoms with Gasteiger partial charge in [0.05, 0.1) is 18.9 Å². The summed E-state index contributed by atoms with van der Waals surface area (Å²) >= 11 is 0. The monoisotopic (exact) mass is 230 g/mol. The third-order valence-electron chi connectivity index (χ3n) is 1.75. The van der Waals surface area contributed by atoms with Gasteiger partial charge >= 0.3 is 5.97 Å². The normalized spacial score (nSPS) is 9.47. The molecule has 1 aromatic carbocycles. The maximum absolute atomic E-state index is 10.9. The van der Waals surface area contributed by atoms with Gasteiger partial charge in [-0.1, -0.05) is 30.0 Å². The van der Waals surface area contributed by atoms with E-state index in [1.165, 1.54) is 12.3 Å². The average molecular weight is 230 g/mol. The lowest BCUT2D eigenvalue weighted by atomic mass is 10.2. The zero-order valence-corrected chi connectivity index (χ0v) is 9.68. The number of benzene rings is 1. The summed E-state index contributed by atoms with van der Waals surface area (Å²) < 4.78 is 9.69. The number of hydrogen-bond acceptors (Lipinski definition) is 3. The zero-order chi connectivity index (χ0) is 12.3. The van der Waals surface area contributed by atoms with Crippen molar-refractivity contribution in [3.63, 3.8) is 0 Å². The van der Waals surface area contributed by atoms with Crippen LogP contribution in [-0.4, -0.2) is 19.2 Å². The Labute approximate surface area is 101 Å². The van der Waals surface area contributed by atoms with E-state index in [0.717, 1.165) is 5.56 Å². The van der Waals surface area contributed by atoms with Crippen LogP contribution in [-0.2, 0) is 14.3 Å². The number of ether oxygens (including phenoxy) is 2. The molecule has 1 rings (SSSR count). The molecule has 17 heavy (non-hydrogen) atoms. The van der Waals surface area contributed by atoms with Crippen molar-refractivity contribution in [3.8, 4) is 11.8 Å². The quantitative estimate of drug-likeness (QED) is 0.261. The molecule has 0 unspecified atom stereocenters. The first kappa shape index (κ1) is 12.9. The second kappa shape index (κ2) is 8.00. The summed E-state index contributed by atoms with van der Waals surface area (Å²) in [5, 5.41) is 0. The molecule has 0 fully saturated rings. The number of carbonyl (C=O) groups excluding carboxylic acids is 1. The number of carbonyl (C=O) groups is 1. The van der Waals surface area contributed by atoms with E-state index in [1.54, 1.807) is 6.92 Å². The van der Waals surface area contributed by atoms with Crippen LogP contribution in [0.4, 0.5) is 0 Å². The molecule has 88 valence electrons. The van der Waals surface area contributed by atoms with Crippen molar-refractivity contribution in [2.24, 2.45) is 0 Å². The summed E-state index contributed by atoms with van der Waals surface area (Å²) in [5.74, 6) is 5.35. The molecular weight excluding hydrogens is 216 g/mol. The standard InChI is InChI=1S/C14H14O3/c1-2-17-14(15)10-12-16-11-6-9-13-7-4-3-5-8-13/h3-5,7-8,10,12H,2,11H2,1H3/b12-10+. The van der Waals surface area contributed by atoms with Crippen molar-refractivity contribution in [1.29, 1.82) is 0 Å². The van der Waals surface area contributed by atoms with Gasteiger partial charge in [0.15, 0.2) is 0 Å². The second-order valence-electron chi connectivity index (χ2n) is 3.03. The molecule has 0 radical (unpaired) electrons. The van der Waals surface area contributed by atoms with Gasteiger partial charge in [0.25, 0.3) is 0 Å². The molecule has 0 amide bonds. The first-order valence-corrected chi connectivity index (χ1v) is 5.31. The third-order valence-corrected chi connectivity index (χ3v) is 1.75. The Morgan fingerprint density at radius 2 is 2.12 bits per heavy atom. The molecular formula is C14H14O3. The number of rotatable bonds is 4. The first-order valence-electron chi connectivity index (χ1n) is 5.31. The number of hydrogen-bond donors (Lipinski definition) is 0. The van der Waals surface area contributed by atoms with Gasteiger partial charge in [-0.3, -0.25) is 0 Å². The largest absolute Gasteiger partial charge is 0.488 e. The molecule has 0 aliphatic rings. The molecule has 0 aliphatic carbocycles. The van der Waals surface area contributed by atoms with Gasteiger partial charge in [-0.05, 0) is 19.1 Å². The summed E-state index contributed by atoms with van der Waals surface area (Å²) in [6.45, 7) is 2.35. The minimum Gasteiger partial charge on any atom is -0.488 e. The van der Waals surface area contributed by atoms with Crippen molar-refractivity contribution in [1.82, 2.24) is 0 Å². The molecule has 0 atom stereocenters. The molecule has 0 N–H and O–H groups in total. The molecule has 0 spiro atoms. The minimum atomic E-state index is -0.413. The SMILES string of the molecule is CCOC(=O)/C=C/OCC#Cc1ccccc1. The molecule has 3 heteroatoms. The van der Waals surface area contributed by atoms with Crippen molar-refractivity contribution in [3.05, 3.63) is 48.2 Å². The zero-order valence-electron chi connectivity index (χ0n) is 9.68. The highest BCUT2D eigenvalue weighted by molar-refractivity contribution is 5.81. The van der Waals surface area contributed by atoms with Crippen LogP contribution >= 0.6 is 0 Å². The van der Waals surface area contributed by atoms with E-state index < -0.39 is 5.97 Å². The summed E-state index contributed by atoms with van der Waals surface area (Å²) in [4.78, 5) is 10.9. The fourth-order valence-corrected chi connectivity index (χ4v) is 1.04. The van der Waals surface area contributed by atoms with E-state index >= 15 is 0 Å². The van der Waals surface area contributed by atoms with E-state index in [0.29, 0.717) is 6.61 Å². The van der Waals surface area contributed by atoms with Crippen LogP contribution in [0.15, 0.2) is 42.7 Å². The highest BCUT2D eigenvalue weighted by atomic mass is 16.5. The van der Waals surface area contributed by atoms with Crippen LogP contribution in [0.2, 0.25) is 0 Å². The Kier molecular flexibility index (Phi) is 6.05. The summed E-state index contributed by atoms with van der Waals surface area (Å²) in [5.41, 5.74) is 0.936. The van der Waals surface area contributed by atoms with E-state index in [-0.39, 0.29) is 6.61 Å². The molecule has 0 aliphatic heterocycles.